The highest BCUT2D eigenvalue weighted by Gasteiger charge is 2.34. The molecule has 0 aliphatic carbocycles. The maximum absolute atomic E-state index is 12.9. The van der Waals surface area contributed by atoms with E-state index < -0.39 is 6.29 Å². The molecule has 3 unspecified atom stereocenters. The van der Waals surface area contributed by atoms with Gasteiger partial charge in [-0.15, -0.1) is 0 Å². The van der Waals surface area contributed by atoms with E-state index in [0.717, 1.165) is 67.8 Å². The summed E-state index contributed by atoms with van der Waals surface area (Å²) in [5.41, 5.74) is 11.4. The number of non-ortho nitro benzene ring substituents is 1. The topological polar surface area (TPSA) is 173 Å². The Kier molecular flexibility index (Phi) is 13.8. The van der Waals surface area contributed by atoms with E-state index in [9.17, 15) is 24.8 Å². The lowest BCUT2D eigenvalue weighted by Gasteiger charge is -2.41. The van der Waals surface area contributed by atoms with Crippen molar-refractivity contribution in [1.82, 2.24) is 4.90 Å². The molecule has 0 bridgehead atoms. The summed E-state index contributed by atoms with van der Waals surface area (Å²) < 4.78 is 13.2. The molecule has 2 fully saturated rings. The minimum absolute atomic E-state index is 0.0330. The van der Waals surface area contributed by atoms with Crippen molar-refractivity contribution in [1.29, 1.82) is 0 Å². The van der Waals surface area contributed by atoms with Crippen LogP contribution in [0.4, 0.5) is 28.4 Å². The Bertz CT molecular complexity index is 1880. The zero-order chi connectivity index (χ0) is 38.6. The standard InChI is InChI=1S/C42H50N6O7/c43-37-10-5-6-11-38(37)45-41(51)13-4-2-1-3-12-40(50)44-33-9-7-8-32(26-33)42-54-36(27-39(55-42)31-16-14-30(29-49)15-17-31)28-46-22-24-47(25-23-46)34-18-20-35(21-19-34)48(52)53/h5-11,14-21,26,36,39,42,49H,1-4,12-13,22-25,27-29,43H2,(H,44,50)(H,45,51). The SMILES string of the molecule is Nc1ccccc1NC(=O)CCCCCCC(=O)Nc1cccc(C2OC(CN3CCN(c4ccc([N+](=O)[O-])cc4)CC3)CC(c3ccc(CO)cc3)O2)c1. The van der Waals surface area contributed by atoms with Crippen molar-refractivity contribution in [2.45, 2.75) is 70.1 Å². The number of ether oxygens (including phenoxy) is 2. The molecule has 0 saturated carbocycles. The van der Waals surface area contributed by atoms with Gasteiger partial charge in [0.2, 0.25) is 11.8 Å². The van der Waals surface area contributed by atoms with Crippen molar-refractivity contribution in [2.75, 3.05) is 54.0 Å². The van der Waals surface area contributed by atoms with E-state index in [1.165, 1.54) is 0 Å². The Morgan fingerprint density at radius 2 is 1.49 bits per heavy atom. The molecule has 2 aliphatic rings. The van der Waals surface area contributed by atoms with Gasteiger partial charge in [0.1, 0.15) is 0 Å². The van der Waals surface area contributed by atoms with Crippen LogP contribution in [0, 0.1) is 10.1 Å². The number of para-hydroxylation sites is 2. The number of benzene rings is 4. The van der Waals surface area contributed by atoms with E-state index >= 15 is 0 Å². The Morgan fingerprint density at radius 1 is 0.800 bits per heavy atom. The van der Waals surface area contributed by atoms with Gasteiger partial charge in [-0.25, -0.2) is 0 Å². The molecule has 13 nitrogen and oxygen atoms in total. The zero-order valence-corrected chi connectivity index (χ0v) is 31.0. The Balaban J connectivity index is 1.00. The van der Waals surface area contributed by atoms with Crippen molar-refractivity contribution >= 4 is 40.3 Å². The third kappa shape index (κ3) is 11.3. The van der Waals surface area contributed by atoms with Gasteiger partial charge in [0.15, 0.2) is 6.29 Å². The first kappa shape index (κ1) is 39.4. The molecule has 2 amide bonds. The van der Waals surface area contributed by atoms with Gasteiger partial charge in [-0.2, -0.15) is 0 Å². The number of nitrogens with one attached hydrogen (secondary N) is 2. The van der Waals surface area contributed by atoms with Crippen molar-refractivity contribution in [3.05, 3.63) is 124 Å². The molecule has 0 spiro atoms. The number of nitrogens with zero attached hydrogens (tertiary/aromatic N) is 3. The van der Waals surface area contributed by atoms with E-state index in [4.69, 9.17) is 15.2 Å². The lowest BCUT2D eigenvalue weighted by molar-refractivity contribution is -0.384. The maximum atomic E-state index is 12.9. The summed E-state index contributed by atoms with van der Waals surface area (Å²) in [6.45, 7) is 3.90. The summed E-state index contributed by atoms with van der Waals surface area (Å²) in [6.07, 6.45) is 3.53. The number of aliphatic hydroxyl groups excluding tert-OH is 1. The number of nitro groups is 1. The maximum Gasteiger partial charge on any atom is 0.269 e. The van der Waals surface area contributed by atoms with E-state index in [-0.39, 0.29) is 41.2 Å². The Hall–Kier alpha value is -5.34. The molecule has 0 aromatic heterocycles. The lowest BCUT2D eigenvalue weighted by atomic mass is 9.99. The summed E-state index contributed by atoms with van der Waals surface area (Å²) in [4.78, 5) is 40.5. The second-order valence-corrected chi connectivity index (χ2v) is 14.1. The molecule has 55 heavy (non-hydrogen) atoms. The van der Waals surface area contributed by atoms with E-state index in [1.807, 2.05) is 60.7 Å². The summed E-state index contributed by atoms with van der Waals surface area (Å²) in [7, 11) is 0. The number of nitrogen functional groups attached to an aromatic ring is 1. The number of hydrogen-bond donors (Lipinski definition) is 4. The molecular weight excluding hydrogens is 700 g/mol. The summed E-state index contributed by atoms with van der Waals surface area (Å²) >= 11 is 0. The van der Waals surface area contributed by atoms with Crippen LogP contribution in [0.25, 0.3) is 0 Å². The fraction of sp³-hybridized carbons (Fsp3) is 0.381. The van der Waals surface area contributed by atoms with Crippen LogP contribution in [0.15, 0.2) is 97.1 Å². The van der Waals surface area contributed by atoms with Gasteiger partial charge < -0.3 is 35.8 Å². The second-order valence-electron chi connectivity index (χ2n) is 14.1. The van der Waals surface area contributed by atoms with Crippen LogP contribution in [-0.4, -0.2) is 65.6 Å². The van der Waals surface area contributed by atoms with Gasteiger partial charge in [0.05, 0.1) is 35.1 Å². The molecule has 290 valence electrons. The molecule has 4 aromatic rings. The van der Waals surface area contributed by atoms with Crippen LogP contribution in [0.3, 0.4) is 0 Å². The highest BCUT2D eigenvalue weighted by atomic mass is 16.7. The first-order chi connectivity index (χ1) is 26.7. The number of carbonyl (C=O) groups is 2. The summed E-state index contributed by atoms with van der Waals surface area (Å²) in [5, 5.41) is 26.5. The molecule has 3 atom stereocenters. The minimum Gasteiger partial charge on any atom is -0.397 e. The van der Waals surface area contributed by atoms with Gasteiger partial charge in [0, 0.05) is 81.1 Å². The summed E-state index contributed by atoms with van der Waals surface area (Å²) in [6, 6.07) is 29.3. The van der Waals surface area contributed by atoms with Gasteiger partial charge in [0.25, 0.3) is 5.69 Å². The third-order valence-corrected chi connectivity index (χ3v) is 10.1. The lowest BCUT2D eigenvalue weighted by Crippen LogP contribution is -2.49. The van der Waals surface area contributed by atoms with E-state index in [2.05, 4.69) is 20.4 Å². The first-order valence-corrected chi connectivity index (χ1v) is 19.0. The minimum atomic E-state index is -0.657. The molecular formula is C42H50N6O7. The molecule has 2 aliphatic heterocycles. The smallest absolute Gasteiger partial charge is 0.269 e. The predicted molar refractivity (Wildman–Crippen MR) is 212 cm³/mol. The van der Waals surface area contributed by atoms with E-state index in [1.54, 1.807) is 36.4 Å². The van der Waals surface area contributed by atoms with Gasteiger partial charge in [-0.1, -0.05) is 61.4 Å². The number of piperazine rings is 1. The quantitative estimate of drug-likeness (QED) is 0.0406. The number of anilines is 4. The van der Waals surface area contributed by atoms with E-state index in [0.29, 0.717) is 49.3 Å². The number of rotatable bonds is 16. The number of nitrogens with two attached hydrogens (primary N) is 1. The van der Waals surface area contributed by atoms with Gasteiger partial charge in [-0.05, 0) is 60.4 Å². The van der Waals surface area contributed by atoms with Gasteiger partial charge in [-0.3, -0.25) is 24.6 Å². The average Bonchev–Trinajstić information content (AvgIpc) is 3.20. The average molecular weight is 751 g/mol. The van der Waals surface area contributed by atoms with Crippen molar-refractivity contribution < 1.29 is 29.1 Å². The first-order valence-electron chi connectivity index (χ1n) is 19.0. The molecule has 0 radical (unpaired) electrons. The normalized spacial score (nSPS) is 18.8. The number of nitro benzene ring substituents is 1. The number of hydrogen-bond acceptors (Lipinski definition) is 10. The van der Waals surface area contributed by atoms with Crippen molar-refractivity contribution in [3.63, 3.8) is 0 Å². The molecule has 5 N–H and O–H groups in total. The second kappa shape index (κ2) is 19.3. The van der Waals surface area contributed by atoms with Crippen LogP contribution < -0.4 is 21.3 Å². The van der Waals surface area contributed by atoms with Crippen LogP contribution >= 0.6 is 0 Å². The van der Waals surface area contributed by atoms with Crippen molar-refractivity contribution in [2.24, 2.45) is 0 Å². The zero-order valence-electron chi connectivity index (χ0n) is 31.0. The van der Waals surface area contributed by atoms with Gasteiger partial charge >= 0.3 is 0 Å². The van der Waals surface area contributed by atoms with Crippen LogP contribution in [-0.2, 0) is 25.7 Å². The largest absolute Gasteiger partial charge is 0.397 e. The highest BCUT2D eigenvalue weighted by molar-refractivity contribution is 5.93. The fourth-order valence-corrected chi connectivity index (χ4v) is 7.03. The number of unbranched alkanes of at least 4 members (excludes halogenated alkanes) is 3. The van der Waals surface area contributed by atoms with Crippen LogP contribution in [0.5, 0.6) is 0 Å². The Labute approximate surface area is 321 Å². The predicted octanol–water partition coefficient (Wildman–Crippen LogP) is 6.95. The molecule has 2 heterocycles. The van der Waals surface area contributed by atoms with Crippen LogP contribution in [0.1, 0.15) is 74.0 Å². The number of carbonyl (C=O) groups excluding carboxylic acids is 2. The summed E-state index contributed by atoms with van der Waals surface area (Å²) in [5.74, 6) is -0.147. The van der Waals surface area contributed by atoms with Crippen LogP contribution in [0.2, 0.25) is 0 Å². The third-order valence-electron chi connectivity index (χ3n) is 10.1. The molecule has 4 aromatic carbocycles. The fourth-order valence-electron chi connectivity index (χ4n) is 7.03. The highest BCUT2D eigenvalue weighted by Crippen LogP contribution is 2.39. The number of amides is 2. The van der Waals surface area contributed by atoms with Crippen molar-refractivity contribution in [3.8, 4) is 0 Å². The Morgan fingerprint density at radius 3 is 2.16 bits per heavy atom. The molecule has 2 saturated heterocycles. The monoisotopic (exact) mass is 750 g/mol. The number of aliphatic hydroxyl groups is 1. The molecule has 6 rings (SSSR count). The molecule has 13 heteroatoms.